The zero-order valence-electron chi connectivity index (χ0n) is 15.1. The summed E-state index contributed by atoms with van der Waals surface area (Å²) in [5, 5.41) is 11.8. The van der Waals surface area contributed by atoms with Crippen molar-refractivity contribution in [2.45, 2.75) is 45.6 Å². The number of rotatable bonds is 10. The zero-order chi connectivity index (χ0) is 18.1. The number of aryl methyl sites for hydroxylation is 1. The third-order valence-electron chi connectivity index (χ3n) is 4.23. The van der Waals surface area contributed by atoms with Gasteiger partial charge in [0.05, 0.1) is 11.0 Å². The van der Waals surface area contributed by atoms with Gasteiger partial charge in [-0.05, 0) is 37.2 Å². The summed E-state index contributed by atoms with van der Waals surface area (Å²) in [6.45, 7) is 4.00. The van der Waals surface area contributed by atoms with Gasteiger partial charge in [-0.1, -0.05) is 32.3 Å². The van der Waals surface area contributed by atoms with Crippen molar-refractivity contribution in [3.05, 3.63) is 35.7 Å². The van der Waals surface area contributed by atoms with Gasteiger partial charge in [0.2, 0.25) is 0 Å². The highest BCUT2D eigenvalue weighted by atomic mass is 16.5. The minimum Gasteiger partial charge on any atom is -0.327 e. The number of amides is 1. The number of hydroxylamine groups is 1. The number of carbonyl (C=O) groups is 1. The van der Waals surface area contributed by atoms with E-state index in [4.69, 9.17) is 10.2 Å². The van der Waals surface area contributed by atoms with Gasteiger partial charge >= 0.3 is 0 Å². The Morgan fingerprint density at radius 2 is 2.16 bits per heavy atom. The average molecular weight is 344 g/mol. The largest absolute Gasteiger partial charge is 0.327 e. The fraction of sp³-hybridized carbons (Fsp3) is 0.474. The highest BCUT2D eigenvalue weighted by molar-refractivity contribution is 5.91. The van der Waals surface area contributed by atoms with E-state index in [9.17, 15) is 4.79 Å². The van der Waals surface area contributed by atoms with Crippen LogP contribution >= 0.6 is 0 Å². The summed E-state index contributed by atoms with van der Waals surface area (Å²) in [4.78, 5) is 15.9. The van der Waals surface area contributed by atoms with E-state index in [1.807, 2.05) is 25.2 Å². The lowest BCUT2D eigenvalue weighted by molar-refractivity contribution is -0.124. The van der Waals surface area contributed by atoms with Gasteiger partial charge in [-0.3, -0.25) is 10.0 Å². The van der Waals surface area contributed by atoms with Crippen LogP contribution in [0.5, 0.6) is 0 Å². The summed E-state index contributed by atoms with van der Waals surface area (Å²) in [6, 6.07) is 5.98. The molecule has 2 aromatic rings. The number of nitrogens with one attached hydrogen (secondary N) is 2. The van der Waals surface area contributed by atoms with Crippen molar-refractivity contribution in [2.24, 2.45) is 0 Å². The van der Waals surface area contributed by atoms with Crippen LogP contribution in [0.15, 0.2) is 24.3 Å². The molecule has 0 spiro atoms. The molecule has 0 fully saturated rings. The Labute approximate surface area is 148 Å². The van der Waals surface area contributed by atoms with Crippen LogP contribution in [0.2, 0.25) is 0 Å². The number of aromatic nitrogens is 2. The molecule has 0 saturated heterocycles. The van der Waals surface area contributed by atoms with Crippen molar-refractivity contribution in [3.63, 3.8) is 0 Å². The Morgan fingerprint density at radius 3 is 2.88 bits per heavy atom. The smallest absolute Gasteiger partial charge is 0.267 e. The van der Waals surface area contributed by atoms with Crippen molar-refractivity contribution in [1.82, 2.24) is 20.3 Å². The van der Waals surface area contributed by atoms with Crippen molar-refractivity contribution in [2.75, 3.05) is 13.6 Å². The number of fused-ring (bicyclic) bond motifs is 1. The summed E-state index contributed by atoms with van der Waals surface area (Å²) in [6.07, 6.45) is 8.82. The van der Waals surface area contributed by atoms with Crippen molar-refractivity contribution >= 4 is 23.0 Å². The highest BCUT2D eigenvalue weighted by Crippen LogP contribution is 2.20. The molecule has 1 aromatic carbocycles. The van der Waals surface area contributed by atoms with E-state index in [1.54, 1.807) is 11.6 Å². The molecule has 0 unspecified atom stereocenters. The molecule has 0 aliphatic rings. The molecule has 6 heteroatoms. The SMILES string of the molecule is CCCCCCc1nc2cc(C=CC(=O)NO)ccc2n1CCNC. The lowest BCUT2D eigenvalue weighted by atomic mass is 10.1. The van der Waals surface area contributed by atoms with E-state index < -0.39 is 5.91 Å². The molecular formula is C19H28N4O2. The lowest BCUT2D eigenvalue weighted by Gasteiger charge is -2.09. The second-order valence-electron chi connectivity index (χ2n) is 6.15. The molecule has 0 bridgehead atoms. The number of likely N-dealkylation sites (N-methyl/N-ethyl adjacent to an activating group) is 1. The zero-order valence-corrected chi connectivity index (χ0v) is 15.1. The first-order valence-corrected chi connectivity index (χ1v) is 8.95. The Morgan fingerprint density at radius 1 is 1.32 bits per heavy atom. The van der Waals surface area contributed by atoms with Gasteiger partial charge in [0.1, 0.15) is 5.82 Å². The van der Waals surface area contributed by atoms with Crippen LogP contribution in [0.4, 0.5) is 0 Å². The third-order valence-corrected chi connectivity index (χ3v) is 4.23. The molecule has 1 amide bonds. The topological polar surface area (TPSA) is 79.2 Å². The molecule has 0 saturated carbocycles. The summed E-state index contributed by atoms with van der Waals surface area (Å²) < 4.78 is 2.28. The fourth-order valence-corrected chi connectivity index (χ4v) is 2.88. The predicted octanol–water partition coefficient (Wildman–Crippen LogP) is 2.90. The summed E-state index contributed by atoms with van der Waals surface area (Å²) in [5.74, 6) is 0.576. The number of carbonyl (C=O) groups excluding carboxylic acids is 1. The van der Waals surface area contributed by atoms with E-state index in [0.29, 0.717) is 0 Å². The van der Waals surface area contributed by atoms with Gasteiger partial charge in [-0.2, -0.15) is 0 Å². The first-order chi connectivity index (χ1) is 12.2. The molecule has 0 aliphatic carbocycles. The van der Waals surface area contributed by atoms with Gasteiger partial charge in [0.25, 0.3) is 5.91 Å². The molecule has 2 rings (SSSR count). The molecule has 0 aliphatic heterocycles. The van der Waals surface area contributed by atoms with Gasteiger partial charge in [-0.25, -0.2) is 10.5 Å². The Kier molecular flexibility index (Phi) is 7.63. The van der Waals surface area contributed by atoms with Crippen LogP contribution in [0.25, 0.3) is 17.1 Å². The van der Waals surface area contributed by atoms with E-state index in [2.05, 4.69) is 16.8 Å². The van der Waals surface area contributed by atoms with Crippen molar-refractivity contribution in [3.8, 4) is 0 Å². The van der Waals surface area contributed by atoms with Crippen molar-refractivity contribution < 1.29 is 10.0 Å². The minimum absolute atomic E-state index is 0.545. The normalized spacial score (nSPS) is 11.5. The maximum atomic E-state index is 11.1. The Hall–Kier alpha value is -2.18. The predicted molar refractivity (Wildman–Crippen MR) is 100 cm³/mol. The third kappa shape index (κ3) is 5.41. The fourth-order valence-electron chi connectivity index (χ4n) is 2.88. The molecule has 0 atom stereocenters. The standard InChI is InChI=1S/C19H28N4O2/c1-3-4-5-6-7-18-21-16-14-15(9-11-19(24)22-25)8-10-17(16)23(18)13-12-20-2/h8-11,14,20,25H,3-7,12-13H2,1-2H3,(H,22,24). The Bertz CT molecular complexity index is 722. The van der Waals surface area contributed by atoms with Crippen LogP contribution in [0.3, 0.4) is 0 Å². The van der Waals surface area contributed by atoms with Crippen LogP contribution in [0.1, 0.15) is 44.0 Å². The number of imidazole rings is 1. The molecular weight excluding hydrogens is 316 g/mol. The quantitative estimate of drug-likeness (QED) is 0.268. The number of hydrogen-bond donors (Lipinski definition) is 3. The molecule has 136 valence electrons. The number of benzene rings is 1. The molecule has 1 heterocycles. The van der Waals surface area contributed by atoms with Crippen LogP contribution < -0.4 is 10.8 Å². The lowest BCUT2D eigenvalue weighted by Crippen LogP contribution is -2.16. The monoisotopic (exact) mass is 344 g/mol. The van der Waals surface area contributed by atoms with Gasteiger partial charge in [0.15, 0.2) is 0 Å². The van der Waals surface area contributed by atoms with Crippen LogP contribution in [0, 0.1) is 0 Å². The maximum Gasteiger partial charge on any atom is 0.267 e. The summed E-state index contributed by atoms with van der Waals surface area (Å²) in [7, 11) is 1.95. The van der Waals surface area contributed by atoms with E-state index >= 15 is 0 Å². The molecule has 0 radical (unpaired) electrons. The number of unbranched alkanes of at least 4 members (excludes halogenated alkanes) is 3. The van der Waals surface area contributed by atoms with Gasteiger partial charge in [-0.15, -0.1) is 0 Å². The molecule has 25 heavy (non-hydrogen) atoms. The van der Waals surface area contributed by atoms with E-state index in [-0.39, 0.29) is 0 Å². The highest BCUT2D eigenvalue weighted by Gasteiger charge is 2.10. The summed E-state index contributed by atoms with van der Waals surface area (Å²) in [5.41, 5.74) is 4.52. The second kappa shape index (κ2) is 9.96. The number of nitrogens with zero attached hydrogens (tertiary/aromatic N) is 2. The first-order valence-electron chi connectivity index (χ1n) is 8.95. The Balaban J connectivity index is 2.25. The van der Waals surface area contributed by atoms with Crippen molar-refractivity contribution in [1.29, 1.82) is 0 Å². The van der Waals surface area contributed by atoms with E-state index in [1.165, 1.54) is 25.3 Å². The molecule has 1 aromatic heterocycles. The second-order valence-corrected chi connectivity index (χ2v) is 6.15. The summed E-state index contributed by atoms with van der Waals surface area (Å²) >= 11 is 0. The number of hydrogen-bond acceptors (Lipinski definition) is 4. The minimum atomic E-state index is -0.545. The average Bonchev–Trinajstić information content (AvgIpc) is 2.98. The molecule has 6 nitrogen and oxygen atoms in total. The van der Waals surface area contributed by atoms with Crippen LogP contribution in [-0.4, -0.2) is 34.3 Å². The first kappa shape index (κ1) is 19.1. The molecule has 3 N–H and O–H groups in total. The van der Waals surface area contributed by atoms with Crippen LogP contribution in [-0.2, 0) is 17.8 Å². The van der Waals surface area contributed by atoms with Gasteiger partial charge < -0.3 is 9.88 Å². The maximum absolute atomic E-state index is 11.1. The van der Waals surface area contributed by atoms with Gasteiger partial charge in [0, 0.05) is 25.6 Å². The van der Waals surface area contributed by atoms with E-state index in [0.717, 1.165) is 48.4 Å².